The number of nitrogens with zero attached hydrogens (tertiary/aromatic N) is 2. The van der Waals surface area contributed by atoms with Gasteiger partial charge in [0.15, 0.2) is 0 Å². The second-order valence-corrected chi connectivity index (χ2v) is 8.34. The standard InChI is InChI=1S/C24H24N2O4/c1-2-9-23-10-11-24(30-23,12-13-27)20-19(23)21(28)26(22(20)29)18-8-7-15(14-25)16-5-3-4-6-17(16)18/h3-8,27-29H,2,9-13H2,1H3/t23-,24-/m0/s1. The van der Waals surface area contributed by atoms with Crippen molar-refractivity contribution in [2.24, 2.45) is 0 Å². The third kappa shape index (κ3) is 2.25. The monoisotopic (exact) mass is 404 g/mol. The van der Waals surface area contributed by atoms with Crippen molar-refractivity contribution in [2.45, 2.75) is 50.2 Å². The molecule has 5 rings (SSSR count). The molecule has 0 amide bonds. The van der Waals surface area contributed by atoms with Crippen LogP contribution in [-0.4, -0.2) is 26.5 Å². The van der Waals surface area contributed by atoms with E-state index in [1.807, 2.05) is 24.3 Å². The molecule has 1 fully saturated rings. The van der Waals surface area contributed by atoms with E-state index in [-0.39, 0.29) is 18.4 Å². The van der Waals surface area contributed by atoms with E-state index < -0.39 is 11.2 Å². The Kier molecular flexibility index (Phi) is 4.11. The van der Waals surface area contributed by atoms with Crippen LogP contribution >= 0.6 is 0 Å². The number of aliphatic hydroxyl groups excluding tert-OH is 1. The van der Waals surface area contributed by atoms with Gasteiger partial charge in [0, 0.05) is 23.8 Å². The lowest BCUT2D eigenvalue weighted by molar-refractivity contribution is -0.102. The third-order valence-electron chi connectivity index (χ3n) is 6.79. The number of benzene rings is 2. The maximum absolute atomic E-state index is 11.4. The molecule has 2 aliphatic heterocycles. The number of aromatic hydroxyl groups is 2. The normalized spacial score (nSPS) is 24.3. The van der Waals surface area contributed by atoms with Crippen molar-refractivity contribution < 1.29 is 20.1 Å². The lowest BCUT2D eigenvalue weighted by Crippen LogP contribution is -2.24. The van der Waals surface area contributed by atoms with Gasteiger partial charge in [-0.25, -0.2) is 0 Å². The van der Waals surface area contributed by atoms with E-state index in [9.17, 15) is 20.6 Å². The van der Waals surface area contributed by atoms with Gasteiger partial charge < -0.3 is 20.1 Å². The summed E-state index contributed by atoms with van der Waals surface area (Å²) in [5.41, 5.74) is 0.968. The number of nitriles is 1. The summed E-state index contributed by atoms with van der Waals surface area (Å²) in [5.74, 6) is -0.0752. The molecule has 0 radical (unpaired) electrons. The number of fused-ring (bicyclic) bond motifs is 6. The molecule has 3 aromatic rings. The minimum absolute atomic E-state index is 0.0228. The fraction of sp³-hybridized carbons (Fsp3) is 0.375. The van der Waals surface area contributed by atoms with Crippen molar-refractivity contribution in [3.8, 4) is 23.5 Å². The summed E-state index contributed by atoms with van der Waals surface area (Å²) in [6, 6.07) is 13.1. The molecule has 2 aliphatic rings. The van der Waals surface area contributed by atoms with Crippen molar-refractivity contribution in [1.29, 1.82) is 5.26 Å². The lowest BCUT2D eigenvalue weighted by atomic mass is 9.75. The molecule has 2 aromatic carbocycles. The fourth-order valence-electron chi connectivity index (χ4n) is 5.63. The second-order valence-electron chi connectivity index (χ2n) is 8.34. The van der Waals surface area contributed by atoms with E-state index in [2.05, 4.69) is 13.0 Å². The predicted molar refractivity (Wildman–Crippen MR) is 112 cm³/mol. The summed E-state index contributed by atoms with van der Waals surface area (Å²) >= 11 is 0. The van der Waals surface area contributed by atoms with Crippen molar-refractivity contribution in [2.75, 3.05) is 6.61 Å². The first kappa shape index (κ1) is 19.0. The van der Waals surface area contributed by atoms with Gasteiger partial charge in [-0.3, -0.25) is 4.57 Å². The van der Waals surface area contributed by atoms with Gasteiger partial charge in [0.1, 0.15) is 11.2 Å². The summed E-state index contributed by atoms with van der Waals surface area (Å²) < 4.78 is 7.95. The van der Waals surface area contributed by atoms with Crippen molar-refractivity contribution in [3.05, 3.63) is 53.1 Å². The van der Waals surface area contributed by atoms with Crippen molar-refractivity contribution in [1.82, 2.24) is 4.57 Å². The van der Waals surface area contributed by atoms with Crippen LogP contribution in [0.25, 0.3) is 16.5 Å². The maximum Gasteiger partial charge on any atom is 0.205 e. The maximum atomic E-state index is 11.4. The molecule has 0 aliphatic carbocycles. The Balaban J connectivity index is 1.81. The largest absolute Gasteiger partial charge is 0.494 e. The molecule has 2 bridgehead atoms. The highest BCUT2D eigenvalue weighted by molar-refractivity contribution is 5.95. The zero-order valence-electron chi connectivity index (χ0n) is 16.9. The van der Waals surface area contributed by atoms with Crippen LogP contribution in [0.15, 0.2) is 36.4 Å². The summed E-state index contributed by atoms with van der Waals surface area (Å²) in [6.07, 6.45) is 3.43. The zero-order chi connectivity index (χ0) is 21.1. The first-order valence-electron chi connectivity index (χ1n) is 10.4. The van der Waals surface area contributed by atoms with Gasteiger partial charge in [0.25, 0.3) is 0 Å². The van der Waals surface area contributed by atoms with Crippen LogP contribution < -0.4 is 0 Å². The summed E-state index contributed by atoms with van der Waals surface area (Å²) in [7, 11) is 0. The minimum Gasteiger partial charge on any atom is -0.494 e. The molecular formula is C24H24N2O4. The number of aliphatic hydroxyl groups is 1. The Hall–Kier alpha value is -3.01. The molecule has 0 unspecified atom stereocenters. The molecule has 6 nitrogen and oxygen atoms in total. The van der Waals surface area contributed by atoms with Gasteiger partial charge in [0.05, 0.1) is 28.4 Å². The van der Waals surface area contributed by atoms with E-state index in [1.54, 1.807) is 12.1 Å². The Morgan fingerprint density at radius 1 is 1.00 bits per heavy atom. The van der Waals surface area contributed by atoms with E-state index in [0.29, 0.717) is 35.2 Å². The van der Waals surface area contributed by atoms with Crippen molar-refractivity contribution in [3.63, 3.8) is 0 Å². The number of hydrogen-bond donors (Lipinski definition) is 3. The first-order valence-corrected chi connectivity index (χ1v) is 10.4. The minimum atomic E-state index is -0.783. The Morgan fingerprint density at radius 3 is 2.23 bits per heavy atom. The molecule has 30 heavy (non-hydrogen) atoms. The van der Waals surface area contributed by atoms with Crippen LogP contribution in [0.1, 0.15) is 55.7 Å². The topological polar surface area (TPSA) is 98.6 Å². The Labute approximate surface area is 174 Å². The first-order chi connectivity index (χ1) is 14.5. The van der Waals surface area contributed by atoms with Gasteiger partial charge >= 0.3 is 0 Å². The van der Waals surface area contributed by atoms with Crippen LogP contribution in [0.5, 0.6) is 11.8 Å². The smallest absolute Gasteiger partial charge is 0.205 e. The molecule has 1 saturated heterocycles. The van der Waals surface area contributed by atoms with Crippen LogP contribution in [0.3, 0.4) is 0 Å². The van der Waals surface area contributed by atoms with Gasteiger partial charge in [-0.05, 0) is 31.4 Å². The lowest BCUT2D eigenvalue weighted by Gasteiger charge is -2.26. The molecule has 154 valence electrons. The predicted octanol–water partition coefficient (Wildman–Crippen LogP) is 4.31. The molecule has 3 heterocycles. The second kappa shape index (κ2) is 6.49. The molecule has 3 N–H and O–H groups in total. The Morgan fingerprint density at radius 2 is 1.63 bits per heavy atom. The van der Waals surface area contributed by atoms with E-state index in [0.717, 1.165) is 30.0 Å². The number of aromatic nitrogens is 1. The summed E-state index contributed by atoms with van der Waals surface area (Å²) in [6.45, 7) is 2.01. The zero-order valence-corrected chi connectivity index (χ0v) is 16.9. The molecule has 1 aromatic heterocycles. The quantitative estimate of drug-likeness (QED) is 0.589. The van der Waals surface area contributed by atoms with Crippen molar-refractivity contribution >= 4 is 10.8 Å². The number of hydrogen-bond acceptors (Lipinski definition) is 5. The highest BCUT2D eigenvalue weighted by Crippen LogP contribution is 2.67. The molecule has 0 spiro atoms. The highest BCUT2D eigenvalue weighted by atomic mass is 16.5. The van der Waals surface area contributed by atoms with Gasteiger partial charge in [0.2, 0.25) is 11.8 Å². The summed E-state index contributed by atoms with van der Waals surface area (Å²) in [5, 5.41) is 43.4. The molecule has 2 atom stereocenters. The Bertz CT molecular complexity index is 1160. The third-order valence-corrected chi connectivity index (χ3v) is 6.79. The average Bonchev–Trinajstić information content (AvgIpc) is 3.34. The van der Waals surface area contributed by atoms with Crippen LogP contribution in [-0.2, 0) is 15.9 Å². The highest BCUT2D eigenvalue weighted by Gasteiger charge is 2.62. The van der Waals surface area contributed by atoms with Gasteiger partial charge in [-0.1, -0.05) is 37.6 Å². The van der Waals surface area contributed by atoms with E-state index in [4.69, 9.17) is 4.74 Å². The average molecular weight is 404 g/mol. The van der Waals surface area contributed by atoms with Crippen LogP contribution in [0.4, 0.5) is 0 Å². The molecular weight excluding hydrogens is 380 g/mol. The number of ether oxygens (including phenoxy) is 1. The molecule has 0 saturated carbocycles. The fourth-order valence-corrected chi connectivity index (χ4v) is 5.63. The summed E-state index contributed by atoms with van der Waals surface area (Å²) in [4.78, 5) is 0. The van der Waals surface area contributed by atoms with E-state index >= 15 is 0 Å². The van der Waals surface area contributed by atoms with Crippen LogP contribution in [0, 0.1) is 11.3 Å². The van der Waals surface area contributed by atoms with Gasteiger partial charge in [-0.15, -0.1) is 0 Å². The van der Waals surface area contributed by atoms with Crippen LogP contribution in [0.2, 0.25) is 0 Å². The molecule has 6 heteroatoms. The van der Waals surface area contributed by atoms with E-state index in [1.165, 1.54) is 4.57 Å². The SMILES string of the molecule is CCC[C@@]12CC[C@@](CCO)(O1)c1c2c(O)n(-c2ccc(C#N)c3ccccc23)c1O. The van der Waals surface area contributed by atoms with Gasteiger partial charge in [-0.2, -0.15) is 5.26 Å². The number of rotatable bonds is 5.